The number of fused-ring (bicyclic) bond motifs is 8. The molecule has 0 bridgehead atoms. The van der Waals surface area contributed by atoms with E-state index in [9.17, 15) is 0 Å². The Morgan fingerprint density at radius 1 is 0.533 bits per heavy atom. The largest absolute Gasteiger partial charge is 0.308 e. The lowest BCUT2D eigenvalue weighted by atomic mass is 9.80. The molecule has 9 rings (SSSR count). The van der Waals surface area contributed by atoms with E-state index >= 15 is 0 Å². The first-order valence-corrected chi connectivity index (χ1v) is 16.4. The first kappa shape index (κ1) is 26.2. The highest BCUT2D eigenvalue weighted by molar-refractivity contribution is 7.26. The van der Waals surface area contributed by atoms with Gasteiger partial charge in [-0.25, -0.2) is 0 Å². The third-order valence-corrected chi connectivity index (χ3v) is 10.8. The van der Waals surface area contributed by atoms with E-state index in [0.717, 1.165) is 5.69 Å². The molecule has 1 aliphatic rings. The van der Waals surface area contributed by atoms with Crippen LogP contribution >= 0.6 is 11.3 Å². The number of benzene rings is 7. The molecule has 45 heavy (non-hydrogen) atoms. The molecular weight excluding hydrogens is 563 g/mol. The van der Waals surface area contributed by atoms with E-state index in [2.05, 4.69) is 170 Å². The highest BCUT2D eigenvalue weighted by atomic mass is 32.1. The first-order chi connectivity index (χ1) is 22.1. The van der Waals surface area contributed by atoms with Gasteiger partial charge in [-0.05, 0) is 68.9 Å². The first-order valence-electron chi connectivity index (χ1n) is 15.6. The van der Waals surface area contributed by atoms with Crippen LogP contribution < -0.4 is 4.90 Å². The van der Waals surface area contributed by atoms with E-state index in [1.54, 1.807) is 0 Å². The predicted octanol–water partition coefficient (Wildman–Crippen LogP) is 12.7. The van der Waals surface area contributed by atoms with Crippen LogP contribution in [0.2, 0.25) is 0 Å². The highest BCUT2D eigenvalue weighted by Crippen LogP contribution is 2.57. The van der Waals surface area contributed by atoms with E-state index < -0.39 is 0 Å². The van der Waals surface area contributed by atoms with Gasteiger partial charge in [-0.1, -0.05) is 135 Å². The summed E-state index contributed by atoms with van der Waals surface area (Å²) in [6.45, 7) is 4.78. The molecule has 0 spiro atoms. The van der Waals surface area contributed by atoms with Crippen molar-refractivity contribution >= 4 is 59.3 Å². The standard InChI is InChI=1S/C43H31NS/c1-43(2)36-20-10-8-18-35(36)40-38(27-30-15-6-7-16-32(30)41(40)43)44(31-25-23-29(24-26-31)28-13-4-3-5-14-28)37-21-12-19-34-33-17-9-11-22-39(33)45-42(34)37/h3-27H,1-2H3. The second-order valence-corrected chi connectivity index (χ2v) is 13.6. The maximum Gasteiger partial charge on any atom is 0.0640 e. The Kier molecular flexibility index (Phi) is 5.78. The average Bonchev–Trinajstić information content (AvgIpc) is 3.59. The normalized spacial score (nSPS) is 13.3. The van der Waals surface area contributed by atoms with Gasteiger partial charge in [0.15, 0.2) is 0 Å². The number of hydrogen-bond donors (Lipinski definition) is 0. The number of nitrogens with zero attached hydrogens (tertiary/aromatic N) is 1. The molecule has 0 radical (unpaired) electrons. The van der Waals surface area contributed by atoms with Gasteiger partial charge < -0.3 is 4.90 Å². The molecule has 1 aromatic heterocycles. The number of hydrogen-bond acceptors (Lipinski definition) is 2. The smallest absolute Gasteiger partial charge is 0.0640 e. The molecular formula is C43H31NS. The van der Waals surface area contributed by atoms with E-state index in [1.165, 1.54) is 75.7 Å². The van der Waals surface area contributed by atoms with Gasteiger partial charge in [0.1, 0.15) is 0 Å². The van der Waals surface area contributed by atoms with Gasteiger partial charge in [-0.2, -0.15) is 0 Å². The van der Waals surface area contributed by atoms with Crippen LogP contribution in [0.15, 0.2) is 152 Å². The summed E-state index contributed by atoms with van der Waals surface area (Å²) in [6, 6.07) is 55.7. The van der Waals surface area contributed by atoms with Gasteiger partial charge in [0, 0.05) is 32.1 Å². The van der Waals surface area contributed by atoms with Gasteiger partial charge in [-0.15, -0.1) is 11.3 Å². The molecule has 1 nitrogen and oxygen atoms in total. The van der Waals surface area contributed by atoms with Crippen LogP contribution in [0.3, 0.4) is 0 Å². The molecule has 0 saturated carbocycles. The number of rotatable bonds is 4. The Balaban J connectivity index is 1.38. The molecule has 0 N–H and O–H groups in total. The third kappa shape index (κ3) is 3.92. The Bertz CT molecular complexity index is 2400. The zero-order valence-electron chi connectivity index (χ0n) is 25.3. The Labute approximate surface area is 267 Å². The van der Waals surface area contributed by atoms with Gasteiger partial charge >= 0.3 is 0 Å². The molecule has 7 aromatic carbocycles. The fraction of sp³-hybridized carbons (Fsp3) is 0.0698. The molecule has 1 heterocycles. The van der Waals surface area contributed by atoms with Crippen molar-refractivity contribution in [1.82, 2.24) is 0 Å². The molecule has 2 heteroatoms. The van der Waals surface area contributed by atoms with Crippen molar-refractivity contribution < 1.29 is 0 Å². The molecule has 1 aliphatic carbocycles. The van der Waals surface area contributed by atoms with E-state index in [-0.39, 0.29) is 5.41 Å². The summed E-state index contributed by atoms with van der Waals surface area (Å²) in [7, 11) is 0. The SMILES string of the molecule is CC1(C)c2ccccc2-c2c(N(c3ccc(-c4ccccc4)cc3)c3cccc4c3sc3ccccc34)cc3ccccc3c21. The zero-order valence-corrected chi connectivity index (χ0v) is 26.1. The summed E-state index contributed by atoms with van der Waals surface area (Å²) in [6.07, 6.45) is 0. The lowest BCUT2D eigenvalue weighted by molar-refractivity contribution is 0.666. The van der Waals surface area contributed by atoms with E-state index in [0.29, 0.717) is 0 Å². The van der Waals surface area contributed by atoms with E-state index in [4.69, 9.17) is 0 Å². The topological polar surface area (TPSA) is 3.24 Å². The second kappa shape index (κ2) is 9.92. The summed E-state index contributed by atoms with van der Waals surface area (Å²) < 4.78 is 2.62. The minimum atomic E-state index is -0.131. The number of anilines is 3. The van der Waals surface area contributed by atoms with Crippen molar-refractivity contribution in [2.75, 3.05) is 4.90 Å². The lowest BCUT2D eigenvalue weighted by Crippen LogP contribution is -2.17. The minimum Gasteiger partial charge on any atom is -0.308 e. The molecule has 0 amide bonds. The van der Waals surface area contributed by atoms with Gasteiger partial charge in [-0.3, -0.25) is 0 Å². The van der Waals surface area contributed by atoms with Gasteiger partial charge in [0.2, 0.25) is 0 Å². The predicted molar refractivity (Wildman–Crippen MR) is 195 cm³/mol. The highest BCUT2D eigenvalue weighted by Gasteiger charge is 2.39. The fourth-order valence-corrected chi connectivity index (χ4v) is 8.77. The van der Waals surface area contributed by atoms with Crippen LogP contribution in [0.1, 0.15) is 25.0 Å². The van der Waals surface area contributed by atoms with E-state index in [1.807, 2.05) is 11.3 Å². The number of thiophene rings is 1. The van der Waals surface area contributed by atoms with Crippen LogP contribution in [0.4, 0.5) is 17.1 Å². The minimum absolute atomic E-state index is 0.131. The monoisotopic (exact) mass is 593 g/mol. The lowest BCUT2D eigenvalue weighted by Gasteiger charge is -2.30. The van der Waals surface area contributed by atoms with Crippen molar-refractivity contribution in [3.8, 4) is 22.3 Å². The maximum absolute atomic E-state index is 2.52. The van der Waals surface area contributed by atoms with Crippen LogP contribution in [-0.2, 0) is 5.41 Å². The molecule has 214 valence electrons. The van der Waals surface area contributed by atoms with Gasteiger partial charge in [0.25, 0.3) is 0 Å². The quantitative estimate of drug-likeness (QED) is 0.196. The summed E-state index contributed by atoms with van der Waals surface area (Å²) in [4.78, 5) is 2.52. The molecule has 0 atom stereocenters. The molecule has 0 unspecified atom stereocenters. The molecule has 0 fully saturated rings. The molecule has 0 saturated heterocycles. The van der Waals surface area contributed by atoms with Crippen molar-refractivity contribution in [3.05, 3.63) is 163 Å². The maximum atomic E-state index is 2.52. The summed E-state index contributed by atoms with van der Waals surface area (Å²) in [5.41, 5.74) is 11.3. The van der Waals surface area contributed by atoms with Crippen molar-refractivity contribution in [3.63, 3.8) is 0 Å². The van der Waals surface area contributed by atoms with Crippen molar-refractivity contribution in [1.29, 1.82) is 0 Å². The summed E-state index contributed by atoms with van der Waals surface area (Å²) in [5, 5.41) is 5.21. The van der Waals surface area contributed by atoms with Crippen LogP contribution in [-0.4, -0.2) is 0 Å². The van der Waals surface area contributed by atoms with Crippen LogP contribution in [0.25, 0.3) is 53.2 Å². The second-order valence-electron chi connectivity index (χ2n) is 12.5. The Morgan fingerprint density at radius 3 is 2.04 bits per heavy atom. The molecule has 8 aromatic rings. The van der Waals surface area contributed by atoms with Crippen LogP contribution in [0.5, 0.6) is 0 Å². The Hall–Kier alpha value is -5.18. The summed E-state index contributed by atoms with van der Waals surface area (Å²) >= 11 is 1.89. The molecule has 0 aliphatic heterocycles. The fourth-order valence-electron chi connectivity index (χ4n) is 7.56. The third-order valence-electron chi connectivity index (χ3n) is 9.62. The average molecular weight is 594 g/mol. The van der Waals surface area contributed by atoms with Crippen molar-refractivity contribution in [2.45, 2.75) is 19.3 Å². The van der Waals surface area contributed by atoms with Crippen molar-refractivity contribution in [2.24, 2.45) is 0 Å². The van der Waals surface area contributed by atoms with Crippen LogP contribution in [0, 0.1) is 0 Å². The summed E-state index contributed by atoms with van der Waals surface area (Å²) in [5.74, 6) is 0. The van der Waals surface area contributed by atoms with Gasteiger partial charge in [0.05, 0.1) is 16.1 Å². The Morgan fingerprint density at radius 2 is 1.20 bits per heavy atom. The zero-order chi connectivity index (χ0) is 30.1.